The summed E-state index contributed by atoms with van der Waals surface area (Å²) in [6.07, 6.45) is 5.03. The standard InChI is InChI=1S/C15H19BrO2/c1-2-10-4-3-7-15(10)9-13(17)12-6-5-11(16)8-14(12)18-15/h5-6,8,10,13,17H,2-4,7,9H2,1H3. The van der Waals surface area contributed by atoms with Crippen LogP contribution in [0.1, 0.15) is 50.7 Å². The van der Waals surface area contributed by atoms with Crippen molar-refractivity contribution < 1.29 is 9.84 Å². The highest BCUT2D eigenvalue weighted by Gasteiger charge is 2.48. The van der Waals surface area contributed by atoms with Crippen LogP contribution in [0.3, 0.4) is 0 Å². The number of hydrogen-bond acceptors (Lipinski definition) is 2. The van der Waals surface area contributed by atoms with Gasteiger partial charge in [-0.2, -0.15) is 0 Å². The van der Waals surface area contributed by atoms with Gasteiger partial charge in [-0.1, -0.05) is 28.9 Å². The average molecular weight is 311 g/mol. The van der Waals surface area contributed by atoms with Gasteiger partial charge in [-0.3, -0.25) is 0 Å². The third-order valence-corrected chi connectivity index (χ3v) is 5.07. The molecule has 0 amide bonds. The van der Waals surface area contributed by atoms with E-state index in [-0.39, 0.29) is 11.7 Å². The molecular formula is C15H19BrO2. The SMILES string of the molecule is CCC1CCCC12CC(O)c1ccc(Br)cc1O2. The van der Waals surface area contributed by atoms with Crippen LogP contribution in [0.15, 0.2) is 22.7 Å². The summed E-state index contributed by atoms with van der Waals surface area (Å²) in [6.45, 7) is 2.23. The number of rotatable bonds is 1. The van der Waals surface area contributed by atoms with Crippen molar-refractivity contribution in [3.8, 4) is 5.75 Å². The summed E-state index contributed by atoms with van der Waals surface area (Å²) < 4.78 is 7.36. The molecule has 1 spiro atoms. The minimum atomic E-state index is -0.381. The smallest absolute Gasteiger partial charge is 0.127 e. The molecule has 1 N–H and O–H groups in total. The van der Waals surface area contributed by atoms with Crippen LogP contribution >= 0.6 is 15.9 Å². The van der Waals surface area contributed by atoms with Crippen molar-refractivity contribution in [1.82, 2.24) is 0 Å². The Hall–Kier alpha value is -0.540. The van der Waals surface area contributed by atoms with Gasteiger partial charge < -0.3 is 9.84 Å². The largest absolute Gasteiger partial charge is 0.486 e. The lowest BCUT2D eigenvalue weighted by molar-refractivity contribution is -0.0411. The molecule has 0 bridgehead atoms. The fraction of sp³-hybridized carbons (Fsp3) is 0.600. The maximum atomic E-state index is 10.4. The van der Waals surface area contributed by atoms with Crippen molar-refractivity contribution >= 4 is 15.9 Å². The first-order valence-electron chi connectivity index (χ1n) is 6.81. The van der Waals surface area contributed by atoms with Gasteiger partial charge in [0.05, 0.1) is 6.10 Å². The average Bonchev–Trinajstić information content (AvgIpc) is 2.70. The highest BCUT2D eigenvalue weighted by molar-refractivity contribution is 9.10. The fourth-order valence-electron chi connectivity index (χ4n) is 3.66. The first-order valence-corrected chi connectivity index (χ1v) is 7.60. The molecule has 2 aliphatic rings. The Morgan fingerprint density at radius 3 is 3.11 bits per heavy atom. The fourth-order valence-corrected chi connectivity index (χ4v) is 4.00. The van der Waals surface area contributed by atoms with Gasteiger partial charge in [-0.05, 0) is 43.7 Å². The molecule has 1 saturated carbocycles. The zero-order chi connectivity index (χ0) is 12.8. The molecule has 1 heterocycles. The maximum Gasteiger partial charge on any atom is 0.127 e. The lowest BCUT2D eigenvalue weighted by Crippen LogP contribution is -2.44. The molecule has 2 nitrogen and oxygen atoms in total. The van der Waals surface area contributed by atoms with Crippen LogP contribution in [-0.2, 0) is 0 Å². The molecule has 1 aliphatic carbocycles. The molecule has 3 unspecified atom stereocenters. The van der Waals surface area contributed by atoms with E-state index in [2.05, 4.69) is 22.9 Å². The third kappa shape index (κ3) is 1.88. The molecule has 3 rings (SSSR count). The van der Waals surface area contributed by atoms with Crippen molar-refractivity contribution in [2.24, 2.45) is 5.92 Å². The van der Waals surface area contributed by atoms with Crippen molar-refractivity contribution in [3.05, 3.63) is 28.2 Å². The Kier molecular flexibility index (Phi) is 3.15. The third-order valence-electron chi connectivity index (χ3n) is 4.58. The van der Waals surface area contributed by atoms with Crippen molar-refractivity contribution in [2.75, 3.05) is 0 Å². The van der Waals surface area contributed by atoms with E-state index in [0.717, 1.165) is 35.0 Å². The molecule has 0 saturated heterocycles. The van der Waals surface area contributed by atoms with Crippen LogP contribution in [0.4, 0.5) is 0 Å². The van der Waals surface area contributed by atoms with Crippen LogP contribution in [0.5, 0.6) is 5.75 Å². The predicted molar refractivity (Wildman–Crippen MR) is 74.7 cm³/mol. The summed E-state index contributed by atoms with van der Waals surface area (Å²) in [5.41, 5.74) is 0.813. The highest BCUT2D eigenvalue weighted by Crippen LogP contribution is 2.51. The quantitative estimate of drug-likeness (QED) is 0.841. The molecule has 18 heavy (non-hydrogen) atoms. The van der Waals surface area contributed by atoms with E-state index in [1.54, 1.807) is 0 Å². The molecule has 1 aliphatic heterocycles. The zero-order valence-electron chi connectivity index (χ0n) is 10.7. The van der Waals surface area contributed by atoms with E-state index in [1.807, 2.05) is 18.2 Å². The second kappa shape index (κ2) is 4.53. The highest BCUT2D eigenvalue weighted by atomic mass is 79.9. The second-order valence-electron chi connectivity index (χ2n) is 5.57. The van der Waals surface area contributed by atoms with Crippen LogP contribution in [-0.4, -0.2) is 10.7 Å². The monoisotopic (exact) mass is 310 g/mol. The van der Waals surface area contributed by atoms with E-state index >= 15 is 0 Å². The number of aliphatic hydroxyl groups excluding tert-OH is 1. The first kappa shape index (κ1) is 12.5. The molecule has 0 aromatic heterocycles. The van der Waals surface area contributed by atoms with Crippen LogP contribution in [0, 0.1) is 5.92 Å². The van der Waals surface area contributed by atoms with Gasteiger partial charge in [0.1, 0.15) is 11.4 Å². The van der Waals surface area contributed by atoms with Crippen LogP contribution in [0.2, 0.25) is 0 Å². The molecule has 1 aromatic carbocycles. The van der Waals surface area contributed by atoms with Gasteiger partial charge >= 0.3 is 0 Å². The summed E-state index contributed by atoms with van der Waals surface area (Å²) in [4.78, 5) is 0. The predicted octanol–water partition coefficient (Wildman–Crippen LogP) is 4.21. The van der Waals surface area contributed by atoms with Crippen molar-refractivity contribution in [1.29, 1.82) is 0 Å². The number of benzene rings is 1. The second-order valence-corrected chi connectivity index (χ2v) is 6.48. The summed E-state index contributed by atoms with van der Waals surface area (Å²) in [7, 11) is 0. The topological polar surface area (TPSA) is 29.5 Å². The minimum Gasteiger partial charge on any atom is -0.486 e. The Bertz CT molecular complexity index is 460. The summed E-state index contributed by atoms with van der Waals surface area (Å²) >= 11 is 3.48. The molecule has 98 valence electrons. The molecule has 3 heteroatoms. The van der Waals surface area contributed by atoms with Gasteiger partial charge in [0.15, 0.2) is 0 Å². The maximum absolute atomic E-state index is 10.4. The number of hydrogen-bond donors (Lipinski definition) is 1. The molecule has 1 aromatic rings. The Balaban J connectivity index is 1.99. The minimum absolute atomic E-state index is 0.123. The summed E-state index contributed by atoms with van der Waals surface area (Å²) in [5, 5.41) is 10.4. The normalized spacial score (nSPS) is 34.4. The molecule has 1 fully saturated rings. The van der Waals surface area contributed by atoms with Gasteiger partial charge in [0.25, 0.3) is 0 Å². The van der Waals surface area contributed by atoms with E-state index < -0.39 is 0 Å². The van der Waals surface area contributed by atoms with E-state index in [9.17, 15) is 5.11 Å². The Morgan fingerprint density at radius 1 is 1.50 bits per heavy atom. The zero-order valence-corrected chi connectivity index (χ0v) is 12.2. The van der Waals surface area contributed by atoms with Crippen molar-refractivity contribution in [2.45, 2.75) is 50.7 Å². The summed E-state index contributed by atoms with van der Waals surface area (Å²) in [5.74, 6) is 1.45. The van der Waals surface area contributed by atoms with E-state index in [0.29, 0.717) is 5.92 Å². The molecule has 3 atom stereocenters. The Morgan fingerprint density at radius 2 is 2.33 bits per heavy atom. The van der Waals surface area contributed by atoms with Crippen LogP contribution < -0.4 is 4.74 Å². The van der Waals surface area contributed by atoms with Gasteiger partial charge in [0.2, 0.25) is 0 Å². The van der Waals surface area contributed by atoms with E-state index in [1.165, 1.54) is 12.8 Å². The number of ether oxygens (including phenoxy) is 1. The molecule has 0 radical (unpaired) electrons. The lowest BCUT2D eigenvalue weighted by atomic mass is 9.80. The molecular weight excluding hydrogens is 292 g/mol. The number of halogens is 1. The number of aliphatic hydroxyl groups is 1. The van der Waals surface area contributed by atoms with Crippen molar-refractivity contribution in [3.63, 3.8) is 0 Å². The summed E-state index contributed by atoms with van der Waals surface area (Å²) in [6, 6.07) is 5.92. The van der Waals surface area contributed by atoms with E-state index in [4.69, 9.17) is 4.74 Å². The Labute approximate surface area is 116 Å². The van der Waals surface area contributed by atoms with Gasteiger partial charge in [-0.15, -0.1) is 0 Å². The number of fused-ring (bicyclic) bond motifs is 1. The van der Waals surface area contributed by atoms with Crippen LogP contribution in [0.25, 0.3) is 0 Å². The first-order chi connectivity index (χ1) is 8.64. The van der Waals surface area contributed by atoms with Gasteiger partial charge in [-0.25, -0.2) is 0 Å². The lowest BCUT2D eigenvalue weighted by Gasteiger charge is -2.42. The van der Waals surface area contributed by atoms with Gasteiger partial charge in [0, 0.05) is 16.5 Å².